The number of rotatable bonds is 4. The van der Waals surface area contributed by atoms with E-state index in [-0.39, 0.29) is 23.3 Å². The number of carbonyl (C=O) groups excluding carboxylic acids is 1. The van der Waals surface area contributed by atoms with Gasteiger partial charge in [0, 0.05) is 32.0 Å². The van der Waals surface area contributed by atoms with Crippen LogP contribution in [0.3, 0.4) is 0 Å². The van der Waals surface area contributed by atoms with Crippen LogP contribution in [0.5, 0.6) is 0 Å². The molecule has 1 saturated heterocycles. The summed E-state index contributed by atoms with van der Waals surface area (Å²) in [6.45, 7) is 1.46. The van der Waals surface area contributed by atoms with E-state index in [2.05, 4.69) is 15.3 Å². The van der Waals surface area contributed by atoms with E-state index in [0.717, 1.165) is 12.8 Å². The normalized spacial score (nSPS) is 17.6. The molecule has 21 heavy (non-hydrogen) atoms. The zero-order valence-electron chi connectivity index (χ0n) is 11.8. The molecule has 0 radical (unpaired) electrons. The van der Waals surface area contributed by atoms with Crippen LogP contribution in [0.25, 0.3) is 0 Å². The highest BCUT2D eigenvalue weighted by atomic mass is 32.2. The Hall–Kier alpha value is -1.74. The highest BCUT2D eigenvalue weighted by Crippen LogP contribution is 2.18. The number of hydrogen-bond donors (Lipinski definition) is 2. The van der Waals surface area contributed by atoms with Crippen molar-refractivity contribution in [1.29, 1.82) is 0 Å². The van der Waals surface area contributed by atoms with Crippen LogP contribution in [0, 0.1) is 5.92 Å². The van der Waals surface area contributed by atoms with E-state index >= 15 is 0 Å². The highest BCUT2D eigenvalue weighted by Gasteiger charge is 2.25. The molecule has 3 N–H and O–H groups in total. The monoisotopic (exact) mass is 313 g/mol. The highest BCUT2D eigenvalue weighted by molar-refractivity contribution is 7.88. The molecule has 8 nitrogen and oxygen atoms in total. The van der Waals surface area contributed by atoms with Crippen LogP contribution < -0.4 is 11.1 Å². The quantitative estimate of drug-likeness (QED) is 0.770. The number of nitrogens with one attached hydrogen (secondary N) is 1. The summed E-state index contributed by atoms with van der Waals surface area (Å²) in [7, 11) is -3.12. The Morgan fingerprint density at radius 1 is 1.38 bits per heavy atom. The number of aromatic nitrogens is 2. The second-order valence-corrected chi connectivity index (χ2v) is 7.09. The van der Waals surface area contributed by atoms with Gasteiger partial charge < -0.3 is 11.1 Å². The maximum Gasteiger partial charge on any atom is 0.273 e. The molecule has 0 atom stereocenters. The number of hydrogen-bond acceptors (Lipinski definition) is 6. The van der Waals surface area contributed by atoms with Crippen molar-refractivity contribution >= 4 is 21.7 Å². The average Bonchev–Trinajstić information content (AvgIpc) is 2.45. The van der Waals surface area contributed by atoms with Gasteiger partial charge in [-0.15, -0.1) is 0 Å². The van der Waals surface area contributed by atoms with Gasteiger partial charge in [0.25, 0.3) is 5.91 Å². The first-order valence-electron chi connectivity index (χ1n) is 6.67. The van der Waals surface area contributed by atoms with Crippen molar-refractivity contribution < 1.29 is 13.2 Å². The third-order valence-electron chi connectivity index (χ3n) is 3.54. The Kier molecular flexibility index (Phi) is 4.73. The van der Waals surface area contributed by atoms with Crippen molar-refractivity contribution in [3.05, 3.63) is 18.1 Å². The number of sulfonamides is 1. The molecule has 1 aromatic heterocycles. The van der Waals surface area contributed by atoms with E-state index < -0.39 is 10.0 Å². The van der Waals surface area contributed by atoms with Crippen molar-refractivity contribution in [3.63, 3.8) is 0 Å². The van der Waals surface area contributed by atoms with Crippen molar-refractivity contribution in [1.82, 2.24) is 19.6 Å². The molecule has 0 aliphatic carbocycles. The molecular formula is C12H19N5O3S. The molecule has 0 saturated carbocycles. The Morgan fingerprint density at radius 2 is 2.00 bits per heavy atom. The Labute approximate surface area is 123 Å². The number of nitrogen functional groups attached to an aromatic ring is 1. The van der Waals surface area contributed by atoms with Crippen LogP contribution >= 0.6 is 0 Å². The van der Waals surface area contributed by atoms with Crippen molar-refractivity contribution in [2.45, 2.75) is 12.8 Å². The van der Waals surface area contributed by atoms with Crippen LogP contribution in [0.15, 0.2) is 12.4 Å². The fraction of sp³-hybridized carbons (Fsp3) is 0.583. The molecule has 1 fully saturated rings. The third kappa shape index (κ3) is 4.11. The van der Waals surface area contributed by atoms with Gasteiger partial charge in [-0.3, -0.25) is 4.79 Å². The van der Waals surface area contributed by atoms with Crippen LogP contribution in [0.4, 0.5) is 5.82 Å². The lowest BCUT2D eigenvalue weighted by molar-refractivity contribution is 0.0937. The molecule has 1 aliphatic heterocycles. The smallest absolute Gasteiger partial charge is 0.273 e. The lowest BCUT2D eigenvalue weighted by Crippen LogP contribution is -2.41. The zero-order chi connectivity index (χ0) is 15.5. The Bertz CT molecular complexity index is 611. The van der Waals surface area contributed by atoms with E-state index in [1.807, 2.05) is 0 Å². The number of nitrogens with zero attached hydrogens (tertiary/aromatic N) is 3. The van der Waals surface area contributed by atoms with E-state index in [9.17, 15) is 13.2 Å². The summed E-state index contributed by atoms with van der Waals surface area (Å²) in [5.74, 6) is -0.00196. The predicted molar refractivity (Wildman–Crippen MR) is 77.9 cm³/mol. The molecule has 1 amide bonds. The topological polar surface area (TPSA) is 118 Å². The second-order valence-electron chi connectivity index (χ2n) is 5.11. The minimum atomic E-state index is -3.12. The Balaban J connectivity index is 1.83. The van der Waals surface area contributed by atoms with E-state index in [1.165, 1.54) is 23.0 Å². The number of piperidine rings is 1. The van der Waals surface area contributed by atoms with E-state index in [1.54, 1.807) is 0 Å². The molecule has 2 heterocycles. The van der Waals surface area contributed by atoms with Gasteiger partial charge in [0.05, 0.1) is 6.26 Å². The van der Waals surface area contributed by atoms with Crippen LogP contribution in [0.1, 0.15) is 23.3 Å². The van der Waals surface area contributed by atoms with Crippen LogP contribution in [0.2, 0.25) is 0 Å². The van der Waals surface area contributed by atoms with Gasteiger partial charge in [0.15, 0.2) is 11.5 Å². The molecule has 1 aromatic rings. The van der Waals surface area contributed by atoms with Crippen molar-refractivity contribution in [2.75, 3.05) is 31.6 Å². The van der Waals surface area contributed by atoms with Crippen LogP contribution in [-0.2, 0) is 10.0 Å². The third-order valence-corrected chi connectivity index (χ3v) is 4.84. The number of amides is 1. The maximum absolute atomic E-state index is 11.9. The zero-order valence-corrected chi connectivity index (χ0v) is 12.6. The SMILES string of the molecule is CS(=O)(=O)N1CCC(CNC(=O)c2nccnc2N)CC1. The molecule has 116 valence electrons. The summed E-state index contributed by atoms with van der Waals surface area (Å²) < 4.78 is 24.3. The standard InChI is InChI=1S/C12H19N5O3S/c1-21(19,20)17-6-2-9(3-7-17)8-16-12(18)10-11(13)15-5-4-14-10/h4-5,9H,2-3,6-8H2,1H3,(H2,13,15)(H,16,18). The summed E-state index contributed by atoms with van der Waals surface area (Å²) >= 11 is 0. The lowest BCUT2D eigenvalue weighted by Gasteiger charge is -2.30. The average molecular weight is 313 g/mol. The maximum atomic E-state index is 11.9. The summed E-state index contributed by atoms with van der Waals surface area (Å²) in [5.41, 5.74) is 5.71. The number of carbonyl (C=O) groups is 1. The molecule has 0 aromatic carbocycles. The van der Waals surface area contributed by atoms with Gasteiger partial charge in [0.2, 0.25) is 10.0 Å². The first-order chi connectivity index (χ1) is 9.88. The molecule has 0 spiro atoms. The first kappa shape index (κ1) is 15.6. The molecular weight excluding hydrogens is 294 g/mol. The van der Waals surface area contributed by atoms with Crippen molar-refractivity contribution in [2.24, 2.45) is 5.92 Å². The minimum absolute atomic E-state index is 0.0990. The van der Waals surface area contributed by atoms with Gasteiger partial charge in [-0.1, -0.05) is 0 Å². The van der Waals surface area contributed by atoms with Gasteiger partial charge in [0.1, 0.15) is 0 Å². The largest absolute Gasteiger partial charge is 0.382 e. The van der Waals surface area contributed by atoms with Gasteiger partial charge in [-0.2, -0.15) is 0 Å². The predicted octanol–water partition coefficient (Wildman–Crippen LogP) is -0.540. The molecule has 1 aliphatic rings. The van der Waals surface area contributed by atoms with Gasteiger partial charge in [-0.05, 0) is 18.8 Å². The molecule has 0 bridgehead atoms. The molecule has 0 unspecified atom stereocenters. The number of nitrogens with two attached hydrogens (primary N) is 1. The fourth-order valence-electron chi connectivity index (χ4n) is 2.29. The Morgan fingerprint density at radius 3 is 2.57 bits per heavy atom. The summed E-state index contributed by atoms with van der Waals surface area (Å²) in [6.07, 6.45) is 5.50. The molecule has 9 heteroatoms. The first-order valence-corrected chi connectivity index (χ1v) is 8.52. The summed E-state index contributed by atoms with van der Waals surface area (Å²) in [4.78, 5) is 19.6. The van der Waals surface area contributed by atoms with Gasteiger partial charge >= 0.3 is 0 Å². The molecule has 2 rings (SSSR count). The van der Waals surface area contributed by atoms with Crippen molar-refractivity contribution in [3.8, 4) is 0 Å². The van der Waals surface area contributed by atoms with E-state index in [4.69, 9.17) is 5.73 Å². The lowest BCUT2D eigenvalue weighted by atomic mass is 9.98. The number of anilines is 1. The summed E-state index contributed by atoms with van der Waals surface area (Å²) in [6, 6.07) is 0. The van der Waals surface area contributed by atoms with Crippen LogP contribution in [-0.4, -0.2) is 54.5 Å². The van der Waals surface area contributed by atoms with E-state index in [0.29, 0.717) is 19.6 Å². The second kappa shape index (κ2) is 6.35. The summed E-state index contributed by atoms with van der Waals surface area (Å²) in [5, 5.41) is 2.77. The van der Waals surface area contributed by atoms with Gasteiger partial charge in [-0.25, -0.2) is 22.7 Å². The minimum Gasteiger partial charge on any atom is -0.382 e. The fourth-order valence-corrected chi connectivity index (χ4v) is 3.16.